The van der Waals surface area contributed by atoms with E-state index >= 15 is 0 Å². The summed E-state index contributed by atoms with van der Waals surface area (Å²) in [4.78, 5) is 5.06. The molecule has 0 fully saturated rings. The monoisotopic (exact) mass is 367 g/mol. The molecule has 0 amide bonds. The summed E-state index contributed by atoms with van der Waals surface area (Å²) >= 11 is 0. The molecule has 5 rings (SSSR count). The quantitative estimate of drug-likeness (QED) is 0.363. The van der Waals surface area contributed by atoms with Crippen LogP contribution < -0.4 is 24.0 Å². The molecule has 0 radical (unpaired) electrons. The normalized spacial score (nSPS) is 11.9. The van der Waals surface area contributed by atoms with Crippen molar-refractivity contribution in [3.05, 3.63) is 120 Å². The second-order valence-corrected chi connectivity index (χ2v) is 6.98. The smallest absolute Gasteiger partial charge is 0.872 e. The fraction of sp³-hybridized carbons (Fsp3) is 0.0385. The Labute approximate surface area is 182 Å². The molecule has 0 bridgehead atoms. The molecule has 2 nitrogen and oxygen atoms in total. The number of pyridine rings is 1. The zero-order valence-electron chi connectivity index (χ0n) is 16.2. The van der Waals surface area contributed by atoms with E-state index in [4.69, 9.17) is 4.98 Å². The number of benzene rings is 4. The number of aromatic nitrogens is 1. The van der Waals surface area contributed by atoms with Gasteiger partial charge in [-0.15, -0.1) is 5.75 Å². The van der Waals surface area contributed by atoms with Gasteiger partial charge in [0.25, 0.3) is 0 Å². The van der Waals surface area contributed by atoms with E-state index in [1.165, 1.54) is 5.39 Å². The SMILES string of the molecule is [Li+].[O-]c1ccccc1C(c1ccccc1)c1ccc2ccc3ccccc3c2n1. The van der Waals surface area contributed by atoms with Gasteiger partial charge in [-0.25, -0.2) is 0 Å². The van der Waals surface area contributed by atoms with Crippen molar-refractivity contribution in [1.82, 2.24) is 4.98 Å². The second kappa shape index (κ2) is 8.13. The van der Waals surface area contributed by atoms with Crippen LogP contribution in [0, 0.1) is 0 Å². The van der Waals surface area contributed by atoms with Gasteiger partial charge in [-0.1, -0.05) is 97.1 Å². The number of hydrogen-bond donors (Lipinski definition) is 0. The average Bonchev–Trinajstić information content (AvgIpc) is 2.76. The van der Waals surface area contributed by atoms with Crippen LogP contribution in [-0.4, -0.2) is 4.98 Å². The summed E-state index contributed by atoms with van der Waals surface area (Å²) in [6.45, 7) is 0. The third-order valence-corrected chi connectivity index (χ3v) is 5.27. The van der Waals surface area contributed by atoms with E-state index in [0.29, 0.717) is 0 Å². The van der Waals surface area contributed by atoms with Crippen LogP contribution >= 0.6 is 0 Å². The van der Waals surface area contributed by atoms with Crippen LogP contribution in [-0.2, 0) is 0 Å². The Morgan fingerprint density at radius 1 is 0.621 bits per heavy atom. The predicted molar refractivity (Wildman–Crippen MR) is 113 cm³/mol. The van der Waals surface area contributed by atoms with Gasteiger partial charge in [0, 0.05) is 10.8 Å². The number of para-hydroxylation sites is 1. The molecule has 0 aliphatic heterocycles. The van der Waals surface area contributed by atoms with Gasteiger partial charge in [-0.05, 0) is 22.6 Å². The van der Waals surface area contributed by atoms with Gasteiger partial charge in [-0.3, -0.25) is 4.98 Å². The molecule has 0 N–H and O–H groups in total. The first-order valence-corrected chi connectivity index (χ1v) is 9.40. The van der Waals surface area contributed by atoms with Gasteiger partial charge in [-0.2, -0.15) is 0 Å². The molecular formula is C26H18LiNO. The molecule has 134 valence electrons. The van der Waals surface area contributed by atoms with Gasteiger partial charge < -0.3 is 5.11 Å². The fourth-order valence-corrected chi connectivity index (χ4v) is 3.91. The van der Waals surface area contributed by atoms with E-state index in [0.717, 1.165) is 33.1 Å². The van der Waals surface area contributed by atoms with Crippen molar-refractivity contribution in [2.45, 2.75) is 5.92 Å². The van der Waals surface area contributed by atoms with Crippen LogP contribution in [0.1, 0.15) is 22.7 Å². The van der Waals surface area contributed by atoms with Gasteiger partial charge >= 0.3 is 18.9 Å². The molecule has 3 heteroatoms. The van der Waals surface area contributed by atoms with Crippen molar-refractivity contribution in [2.75, 3.05) is 0 Å². The third kappa shape index (κ3) is 3.54. The summed E-state index contributed by atoms with van der Waals surface area (Å²) in [6, 6.07) is 34.0. The Morgan fingerprint density at radius 2 is 1.28 bits per heavy atom. The summed E-state index contributed by atoms with van der Waals surface area (Å²) in [6.07, 6.45) is 0. The Hall–Kier alpha value is -3.05. The largest absolute Gasteiger partial charge is 1.00 e. The van der Waals surface area contributed by atoms with Crippen LogP contribution in [0.3, 0.4) is 0 Å². The average molecular weight is 367 g/mol. The van der Waals surface area contributed by atoms with Crippen LogP contribution in [0.2, 0.25) is 0 Å². The molecule has 1 unspecified atom stereocenters. The Bertz CT molecular complexity index is 1280. The minimum absolute atomic E-state index is 0. The van der Waals surface area contributed by atoms with E-state index in [2.05, 4.69) is 42.5 Å². The number of hydrogen-bond acceptors (Lipinski definition) is 2. The molecule has 5 aromatic rings. The summed E-state index contributed by atoms with van der Waals surface area (Å²) < 4.78 is 0. The summed E-state index contributed by atoms with van der Waals surface area (Å²) in [5.74, 6) is -0.158. The first-order valence-electron chi connectivity index (χ1n) is 9.40. The summed E-state index contributed by atoms with van der Waals surface area (Å²) in [5.41, 5.74) is 3.68. The molecule has 0 saturated carbocycles. The van der Waals surface area contributed by atoms with E-state index in [9.17, 15) is 5.11 Å². The Balaban J connectivity index is 0.00000205. The van der Waals surface area contributed by atoms with Crippen LogP contribution in [0.4, 0.5) is 0 Å². The van der Waals surface area contributed by atoms with E-state index in [1.807, 2.05) is 48.5 Å². The zero-order chi connectivity index (χ0) is 18.9. The number of nitrogens with zero attached hydrogens (tertiary/aromatic N) is 1. The molecule has 0 aliphatic carbocycles. The first-order chi connectivity index (χ1) is 13.8. The molecule has 0 aliphatic rings. The predicted octanol–water partition coefficient (Wildman–Crippen LogP) is 2.65. The van der Waals surface area contributed by atoms with Crippen molar-refractivity contribution in [2.24, 2.45) is 0 Å². The maximum absolute atomic E-state index is 12.7. The molecule has 1 atom stereocenters. The van der Waals surface area contributed by atoms with Crippen molar-refractivity contribution in [3.8, 4) is 5.75 Å². The van der Waals surface area contributed by atoms with Gasteiger partial charge in [0.15, 0.2) is 0 Å². The minimum Gasteiger partial charge on any atom is -0.872 e. The van der Waals surface area contributed by atoms with Crippen LogP contribution in [0.5, 0.6) is 5.75 Å². The minimum atomic E-state index is -0.196. The van der Waals surface area contributed by atoms with E-state index in [-0.39, 0.29) is 30.5 Å². The van der Waals surface area contributed by atoms with Crippen molar-refractivity contribution in [1.29, 1.82) is 0 Å². The number of rotatable bonds is 3. The van der Waals surface area contributed by atoms with Crippen molar-refractivity contribution >= 4 is 21.7 Å². The maximum atomic E-state index is 12.7. The van der Waals surface area contributed by atoms with Crippen LogP contribution in [0.25, 0.3) is 21.7 Å². The summed E-state index contributed by atoms with van der Waals surface area (Å²) in [5, 5.41) is 16.1. The van der Waals surface area contributed by atoms with Gasteiger partial charge in [0.05, 0.1) is 17.1 Å². The maximum Gasteiger partial charge on any atom is 1.00 e. The van der Waals surface area contributed by atoms with Crippen LogP contribution in [0.15, 0.2) is 103 Å². The second-order valence-electron chi connectivity index (χ2n) is 6.98. The molecular weight excluding hydrogens is 349 g/mol. The third-order valence-electron chi connectivity index (χ3n) is 5.27. The molecule has 0 spiro atoms. The van der Waals surface area contributed by atoms with Crippen molar-refractivity contribution < 1.29 is 24.0 Å². The summed E-state index contributed by atoms with van der Waals surface area (Å²) in [7, 11) is 0. The van der Waals surface area contributed by atoms with Crippen molar-refractivity contribution in [3.63, 3.8) is 0 Å². The number of fused-ring (bicyclic) bond motifs is 3. The Kier molecular flexibility index (Phi) is 5.40. The molecule has 1 heterocycles. The molecule has 0 saturated heterocycles. The van der Waals surface area contributed by atoms with E-state index in [1.54, 1.807) is 12.1 Å². The van der Waals surface area contributed by atoms with Gasteiger partial charge in [0.1, 0.15) is 0 Å². The Morgan fingerprint density at radius 3 is 2.10 bits per heavy atom. The zero-order valence-corrected chi connectivity index (χ0v) is 16.2. The molecule has 1 aromatic heterocycles. The first kappa shape index (κ1) is 19.3. The molecule has 4 aromatic carbocycles. The standard InChI is InChI=1S/C26H19NO.Li/c28-24-13-7-6-12-22(24)25(19-9-2-1-3-10-19)23-17-16-20-15-14-18-8-4-5-11-21(18)26(20)27-23;/h1-17,25,28H;/q;+1/p-1. The van der Waals surface area contributed by atoms with E-state index < -0.39 is 0 Å². The van der Waals surface area contributed by atoms with Gasteiger partial charge in [0.2, 0.25) is 0 Å². The topological polar surface area (TPSA) is 36.0 Å². The molecule has 29 heavy (non-hydrogen) atoms. The fourth-order valence-electron chi connectivity index (χ4n) is 3.91.